The van der Waals surface area contributed by atoms with Crippen LogP contribution in [0.25, 0.3) is 0 Å². The fourth-order valence-corrected chi connectivity index (χ4v) is 4.54. The predicted molar refractivity (Wildman–Crippen MR) is 126 cm³/mol. The first-order chi connectivity index (χ1) is 14.7. The van der Waals surface area contributed by atoms with Crippen molar-refractivity contribution >= 4 is 35.3 Å². The molecule has 0 amide bonds. The van der Waals surface area contributed by atoms with Gasteiger partial charge in [-0.05, 0) is 55.2 Å². The van der Waals surface area contributed by atoms with Gasteiger partial charge in [-0.2, -0.15) is 0 Å². The molecule has 0 N–H and O–H groups in total. The van der Waals surface area contributed by atoms with Crippen LogP contribution in [0, 0.1) is 13.8 Å². The van der Waals surface area contributed by atoms with Crippen molar-refractivity contribution < 1.29 is 4.57 Å². The van der Waals surface area contributed by atoms with Crippen LogP contribution in [-0.2, 0) is 7.05 Å². The zero-order valence-corrected chi connectivity index (χ0v) is 17.7. The van der Waals surface area contributed by atoms with E-state index in [9.17, 15) is 0 Å². The number of nitrogens with zero attached hydrogens (tertiary/aromatic N) is 3. The van der Waals surface area contributed by atoms with Gasteiger partial charge in [0, 0.05) is 5.69 Å². The summed E-state index contributed by atoms with van der Waals surface area (Å²) in [6, 6.07) is 32.4. The van der Waals surface area contributed by atoms with Crippen molar-refractivity contribution in [3.05, 3.63) is 108 Å². The van der Waals surface area contributed by atoms with Gasteiger partial charge in [-0.3, -0.25) is 4.81 Å². The Morgan fingerprint density at radius 1 is 0.633 bits per heavy atom. The maximum atomic E-state index is 2.49. The highest BCUT2D eigenvalue weighted by atomic mass is 15.4. The molecule has 5 rings (SSSR count). The minimum atomic E-state index is 0.0262. The summed E-state index contributed by atoms with van der Waals surface area (Å²) in [7, 11) is 2.13. The van der Waals surface area contributed by atoms with Crippen molar-refractivity contribution in [3.8, 4) is 0 Å². The smallest absolute Gasteiger partial charge is 0.333 e. The van der Waals surface area contributed by atoms with Crippen molar-refractivity contribution in [2.45, 2.75) is 13.8 Å². The number of pyridine rings is 1. The number of anilines is 4. The van der Waals surface area contributed by atoms with Gasteiger partial charge in [-0.15, -0.1) is 0 Å². The molecule has 1 aliphatic heterocycles. The Morgan fingerprint density at radius 2 is 1.27 bits per heavy atom. The van der Waals surface area contributed by atoms with E-state index < -0.39 is 0 Å². The summed E-state index contributed by atoms with van der Waals surface area (Å²) in [5.41, 5.74) is 7.49. The summed E-state index contributed by atoms with van der Waals surface area (Å²) in [5.74, 6) is 1.20. The van der Waals surface area contributed by atoms with Crippen LogP contribution in [0.3, 0.4) is 0 Å². The number of fused-ring (bicyclic) bond motifs is 1. The predicted octanol–water partition coefficient (Wildman–Crippen LogP) is 4.81. The summed E-state index contributed by atoms with van der Waals surface area (Å²) >= 11 is 0. The highest BCUT2D eigenvalue weighted by Gasteiger charge is 2.53. The van der Waals surface area contributed by atoms with E-state index in [1.54, 1.807) is 0 Å². The topological polar surface area (TPSA) is 10.4 Å². The number of hydrogen-bond acceptors (Lipinski definition) is 2. The second-order valence-corrected chi connectivity index (χ2v) is 7.92. The number of aryl methyl sites for hydroxylation is 3. The summed E-state index contributed by atoms with van der Waals surface area (Å²) < 4.78 is 2.23. The van der Waals surface area contributed by atoms with Gasteiger partial charge in [0.1, 0.15) is 11.4 Å². The number of rotatable bonds is 3. The second kappa shape index (κ2) is 7.38. The van der Waals surface area contributed by atoms with Crippen LogP contribution in [0.15, 0.2) is 97.2 Å². The lowest BCUT2D eigenvalue weighted by Gasteiger charge is -2.26. The third kappa shape index (κ3) is 2.88. The van der Waals surface area contributed by atoms with Gasteiger partial charge in [0.05, 0.1) is 13.2 Å². The lowest BCUT2D eigenvalue weighted by Crippen LogP contribution is -2.55. The third-order valence-electron chi connectivity index (χ3n) is 5.98. The first-order valence-corrected chi connectivity index (χ1v) is 10.4. The van der Waals surface area contributed by atoms with E-state index in [4.69, 9.17) is 0 Å². The monoisotopic (exact) mass is 390 g/mol. The maximum absolute atomic E-state index is 2.49. The summed E-state index contributed by atoms with van der Waals surface area (Å²) in [6.45, 7) is 4.42. The number of para-hydroxylation sites is 2. The Morgan fingerprint density at radius 3 is 2.00 bits per heavy atom. The summed E-state index contributed by atoms with van der Waals surface area (Å²) in [4.78, 5) is 4.95. The molecule has 4 aromatic rings. The first kappa shape index (κ1) is 18.5. The second-order valence-electron chi connectivity index (χ2n) is 7.92. The molecule has 0 saturated carbocycles. The van der Waals surface area contributed by atoms with Crippen LogP contribution in [-0.4, -0.2) is 6.98 Å². The van der Waals surface area contributed by atoms with Gasteiger partial charge in [0.25, 0.3) is 5.82 Å². The quantitative estimate of drug-likeness (QED) is 0.367. The third-order valence-corrected chi connectivity index (χ3v) is 5.98. The molecule has 0 unspecified atom stereocenters. The van der Waals surface area contributed by atoms with Crippen LogP contribution in [0.2, 0.25) is 0 Å². The van der Waals surface area contributed by atoms with Crippen LogP contribution in [0.5, 0.6) is 0 Å². The Labute approximate surface area is 179 Å². The molecule has 1 aliphatic rings. The van der Waals surface area contributed by atoms with Crippen molar-refractivity contribution in [2.24, 2.45) is 7.05 Å². The van der Waals surface area contributed by atoms with Gasteiger partial charge in [-0.25, -0.2) is 4.57 Å². The fraction of sp³-hybridized carbons (Fsp3) is 0.115. The molecule has 4 heteroatoms. The standard InChI is InChI=1S/C26H25BN3/c1-20-12-7-9-16-23(20)27-29(22-14-5-4-6-15-22)25-18-11-19-28(3)26(25)30(27)24-17-10-8-13-21(24)2/h4-19H,1-3H3/q+1. The molecule has 2 heterocycles. The molecular weight excluding hydrogens is 365 g/mol. The van der Waals surface area contributed by atoms with E-state index in [1.165, 1.54) is 39.5 Å². The number of benzene rings is 3. The van der Waals surface area contributed by atoms with Crippen LogP contribution < -0.4 is 19.7 Å². The molecule has 3 aromatic carbocycles. The van der Waals surface area contributed by atoms with E-state index >= 15 is 0 Å². The molecule has 146 valence electrons. The first-order valence-electron chi connectivity index (χ1n) is 10.4. The van der Waals surface area contributed by atoms with Crippen molar-refractivity contribution in [1.29, 1.82) is 0 Å². The molecule has 0 radical (unpaired) electrons. The van der Waals surface area contributed by atoms with Gasteiger partial charge < -0.3 is 4.81 Å². The van der Waals surface area contributed by atoms with E-state index in [2.05, 4.69) is 132 Å². The van der Waals surface area contributed by atoms with Crippen LogP contribution in [0.4, 0.5) is 22.9 Å². The minimum Gasteiger partial charge on any atom is -0.333 e. The van der Waals surface area contributed by atoms with Crippen molar-refractivity contribution in [1.82, 2.24) is 0 Å². The molecule has 3 nitrogen and oxygen atoms in total. The Hall–Kier alpha value is -3.53. The minimum absolute atomic E-state index is 0.0262. The Kier molecular flexibility index (Phi) is 4.55. The van der Waals surface area contributed by atoms with Gasteiger partial charge in [0.15, 0.2) is 0 Å². The van der Waals surface area contributed by atoms with Crippen LogP contribution >= 0.6 is 0 Å². The maximum Gasteiger partial charge on any atom is 0.542 e. The normalized spacial score (nSPS) is 13.0. The van der Waals surface area contributed by atoms with Crippen molar-refractivity contribution in [3.63, 3.8) is 0 Å². The number of hydrogen-bond donors (Lipinski definition) is 0. The van der Waals surface area contributed by atoms with Gasteiger partial charge in [0.2, 0.25) is 0 Å². The zero-order valence-electron chi connectivity index (χ0n) is 17.7. The summed E-state index contributed by atoms with van der Waals surface area (Å²) in [5, 5.41) is 0. The average Bonchev–Trinajstić information content (AvgIpc) is 3.11. The largest absolute Gasteiger partial charge is 0.542 e. The molecule has 0 aliphatic carbocycles. The average molecular weight is 390 g/mol. The zero-order chi connectivity index (χ0) is 20.7. The van der Waals surface area contributed by atoms with E-state index in [-0.39, 0.29) is 6.98 Å². The molecular formula is C26H25BN3+. The van der Waals surface area contributed by atoms with E-state index in [0.717, 1.165) is 0 Å². The molecule has 0 spiro atoms. The molecule has 0 atom stereocenters. The molecule has 1 aromatic heterocycles. The van der Waals surface area contributed by atoms with Crippen molar-refractivity contribution in [2.75, 3.05) is 9.62 Å². The highest BCUT2D eigenvalue weighted by Crippen LogP contribution is 2.44. The van der Waals surface area contributed by atoms with Gasteiger partial charge in [-0.1, -0.05) is 66.2 Å². The van der Waals surface area contributed by atoms with Gasteiger partial charge >= 0.3 is 6.98 Å². The van der Waals surface area contributed by atoms with Crippen LogP contribution in [0.1, 0.15) is 11.1 Å². The lowest BCUT2D eigenvalue weighted by molar-refractivity contribution is -0.657. The Bertz CT molecular complexity index is 1210. The number of aromatic nitrogens is 1. The summed E-state index contributed by atoms with van der Waals surface area (Å²) in [6.07, 6.45) is 2.13. The SMILES string of the molecule is Cc1ccccc1B1N(c2ccccc2)c2ccc[n+](C)c2N1c1ccccc1C. The van der Waals surface area contributed by atoms with E-state index in [0.29, 0.717) is 0 Å². The van der Waals surface area contributed by atoms with E-state index in [1.807, 2.05) is 0 Å². The lowest BCUT2D eigenvalue weighted by atomic mass is 9.62. The molecule has 0 fully saturated rings. The highest BCUT2D eigenvalue weighted by molar-refractivity contribution is 6.84. The molecule has 30 heavy (non-hydrogen) atoms. The molecule has 0 saturated heterocycles. The molecule has 0 bridgehead atoms. The fourth-order valence-electron chi connectivity index (χ4n) is 4.54. The Balaban J connectivity index is 1.84.